The second-order valence-electron chi connectivity index (χ2n) is 4.92. The molecule has 0 bridgehead atoms. The lowest BCUT2D eigenvalue weighted by molar-refractivity contribution is 0.325. The number of anilines is 1. The monoisotopic (exact) mass is 193 g/mol. The standard InChI is InChI=1S/C11H19N3/c1-11(2)4-3-8-14(9-5-11)10-12-6-7-13-10/h6-7H,3-5,8-9H2,1-2H3,(H,12,13). The van der Waals surface area contributed by atoms with Gasteiger partial charge in [0.25, 0.3) is 0 Å². The van der Waals surface area contributed by atoms with E-state index in [2.05, 4.69) is 28.7 Å². The Kier molecular flexibility index (Phi) is 2.48. The maximum atomic E-state index is 4.30. The summed E-state index contributed by atoms with van der Waals surface area (Å²) in [7, 11) is 0. The van der Waals surface area contributed by atoms with Gasteiger partial charge in [0.15, 0.2) is 0 Å². The van der Waals surface area contributed by atoms with Crippen LogP contribution in [0.3, 0.4) is 0 Å². The van der Waals surface area contributed by atoms with Gasteiger partial charge in [-0.2, -0.15) is 0 Å². The van der Waals surface area contributed by atoms with Crippen molar-refractivity contribution in [2.24, 2.45) is 5.41 Å². The summed E-state index contributed by atoms with van der Waals surface area (Å²) < 4.78 is 0. The molecule has 0 amide bonds. The van der Waals surface area contributed by atoms with Crippen LogP contribution in [0.15, 0.2) is 12.4 Å². The zero-order valence-corrected chi connectivity index (χ0v) is 9.08. The number of aromatic amines is 1. The molecule has 1 aromatic heterocycles. The second-order valence-corrected chi connectivity index (χ2v) is 4.92. The van der Waals surface area contributed by atoms with Gasteiger partial charge in [0, 0.05) is 25.5 Å². The molecule has 2 heterocycles. The molecule has 0 aliphatic carbocycles. The molecule has 0 spiro atoms. The van der Waals surface area contributed by atoms with E-state index >= 15 is 0 Å². The summed E-state index contributed by atoms with van der Waals surface area (Å²) >= 11 is 0. The lowest BCUT2D eigenvalue weighted by atomic mass is 9.85. The van der Waals surface area contributed by atoms with Crippen molar-refractivity contribution in [1.29, 1.82) is 0 Å². The molecular formula is C11H19N3. The summed E-state index contributed by atoms with van der Waals surface area (Å²) in [5.74, 6) is 1.03. The normalized spacial score (nSPS) is 22.0. The maximum Gasteiger partial charge on any atom is 0.202 e. The fraction of sp³-hybridized carbons (Fsp3) is 0.727. The lowest BCUT2D eigenvalue weighted by Crippen LogP contribution is -2.25. The van der Waals surface area contributed by atoms with E-state index in [0.29, 0.717) is 5.41 Å². The molecule has 3 heteroatoms. The molecule has 1 N–H and O–H groups in total. The highest BCUT2D eigenvalue weighted by Gasteiger charge is 2.23. The lowest BCUT2D eigenvalue weighted by Gasteiger charge is -2.22. The number of nitrogens with one attached hydrogen (secondary N) is 1. The summed E-state index contributed by atoms with van der Waals surface area (Å²) in [5, 5.41) is 0. The molecule has 1 fully saturated rings. The van der Waals surface area contributed by atoms with Crippen LogP contribution in [0.2, 0.25) is 0 Å². The zero-order valence-electron chi connectivity index (χ0n) is 9.08. The van der Waals surface area contributed by atoms with Crippen LogP contribution in [0.4, 0.5) is 5.95 Å². The van der Waals surface area contributed by atoms with E-state index < -0.39 is 0 Å². The molecule has 1 aliphatic heterocycles. The van der Waals surface area contributed by atoms with Crippen LogP contribution in [0.25, 0.3) is 0 Å². The van der Waals surface area contributed by atoms with Gasteiger partial charge in [-0.05, 0) is 24.7 Å². The molecule has 3 nitrogen and oxygen atoms in total. The third-order valence-corrected chi connectivity index (χ3v) is 3.12. The number of nitrogens with zero attached hydrogens (tertiary/aromatic N) is 2. The minimum Gasteiger partial charge on any atom is -0.342 e. The molecular weight excluding hydrogens is 174 g/mol. The van der Waals surface area contributed by atoms with Crippen molar-refractivity contribution in [3.8, 4) is 0 Å². The number of aromatic nitrogens is 2. The van der Waals surface area contributed by atoms with Gasteiger partial charge in [0.1, 0.15) is 0 Å². The summed E-state index contributed by atoms with van der Waals surface area (Å²) in [6.45, 7) is 6.98. The number of imidazole rings is 1. The van der Waals surface area contributed by atoms with Crippen LogP contribution in [-0.2, 0) is 0 Å². The van der Waals surface area contributed by atoms with Crippen LogP contribution in [0.1, 0.15) is 33.1 Å². The molecule has 78 valence electrons. The van der Waals surface area contributed by atoms with Gasteiger partial charge in [-0.1, -0.05) is 13.8 Å². The van der Waals surface area contributed by atoms with Gasteiger partial charge in [-0.3, -0.25) is 0 Å². The van der Waals surface area contributed by atoms with E-state index in [4.69, 9.17) is 0 Å². The third-order valence-electron chi connectivity index (χ3n) is 3.12. The molecule has 1 aromatic rings. The summed E-state index contributed by atoms with van der Waals surface area (Å²) in [5.41, 5.74) is 0.501. The van der Waals surface area contributed by atoms with Crippen LogP contribution < -0.4 is 4.90 Å². The molecule has 2 rings (SSSR count). The first kappa shape index (κ1) is 9.56. The van der Waals surface area contributed by atoms with Gasteiger partial charge in [-0.25, -0.2) is 4.98 Å². The molecule has 14 heavy (non-hydrogen) atoms. The Morgan fingerprint density at radius 3 is 2.93 bits per heavy atom. The summed E-state index contributed by atoms with van der Waals surface area (Å²) in [4.78, 5) is 9.83. The van der Waals surface area contributed by atoms with Gasteiger partial charge < -0.3 is 9.88 Å². The van der Waals surface area contributed by atoms with Crippen molar-refractivity contribution in [3.63, 3.8) is 0 Å². The first-order valence-electron chi connectivity index (χ1n) is 5.42. The Bertz CT molecular complexity index is 277. The Morgan fingerprint density at radius 2 is 2.21 bits per heavy atom. The number of rotatable bonds is 1. The quantitative estimate of drug-likeness (QED) is 0.742. The molecule has 1 aliphatic rings. The predicted molar refractivity (Wildman–Crippen MR) is 58.4 cm³/mol. The average molecular weight is 193 g/mol. The summed E-state index contributed by atoms with van der Waals surface area (Å²) in [6, 6.07) is 0. The minimum atomic E-state index is 0.501. The van der Waals surface area contributed by atoms with Crippen LogP contribution in [-0.4, -0.2) is 23.1 Å². The number of hydrogen-bond donors (Lipinski definition) is 1. The maximum absolute atomic E-state index is 4.30. The van der Waals surface area contributed by atoms with E-state index in [-0.39, 0.29) is 0 Å². The van der Waals surface area contributed by atoms with Crippen LogP contribution in [0, 0.1) is 5.41 Å². The van der Waals surface area contributed by atoms with E-state index in [1.165, 1.54) is 19.3 Å². The fourth-order valence-electron chi connectivity index (χ4n) is 2.06. The van der Waals surface area contributed by atoms with Crippen molar-refractivity contribution in [3.05, 3.63) is 12.4 Å². The smallest absolute Gasteiger partial charge is 0.202 e. The van der Waals surface area contributed by atoms with E-state index in [9.17, 15) is 0 Å². The number of hydrogen-bond acceptors (Lipinski definition) is 2. The molecule has 1 saturated heterocycles. The summed E-state index contributed by atoms with van der Waals surface area (Å²) in [6.07, 6.45) is 7.57. The predicted octanol–water partition coefficient (Wildman–Crippen LogP) is 2.43. The highest BCUT2D eigenvalue weighted by atomic mass is 15.3. The van der Waals surface area contributed by atoms with Crippen LogP contribution in [0.5, 0.6) is 0 Å². The van der Waals surface area contributed by atoms with Gasteiger partial charge in [0.2, 0.25) is 5.95 Å². The number of H-pyrrole nitrogens is 1. The Morgan fingerprint density at radius 1 is 1.36 bits per heavy atom. The minimum absolute atomic E-state index is 0.501. The first-order valence-corrected chi connectivity index (χ1v) is 5.42. The van der Waals surface area contributed by atoms with Gasteiger partial charge in [-0.15, -0.1) is 0 Å². The SMILES string of the molecule is CC1(C)CCCN(c2ncc[nH]2)CC1. The van der Waals surface area contributed by atoms with Crippen molar-refractivity contribution < 1.29 is 0 Å². The van der Waals surface area contributed by atoms with Gasteiger partial charge >= 0.3 is 0 Å². The highest BCUT2D eigenvalue weighted by Crippen LogP contribution is 2.30. The molecule has 0 aromatic carbocycles. The van der Waals surface area contributed by atoms with Crippen molar-refractivity contribution in [2.45, 2.75) is 33.1 Å². The van der Waals surface area contributed by atoms with Gasteiger partial charge in [0.05, 0.1) is 0 Å². The second kappa shape index (κ2) is 3.64. The molecule has 0 saturated carbocycles. The molecule has 0 atom stereocenters. The highest BCUT2D eigenvalue weighted by molar-refractivity contribution is 5.28. The molecule has 0 radical (unpaired) electrons. The fourth-order valence-corrected chi connectivity index (χ4v) is 2.06. The van der Waals surface area contributed by atoms with E-state index in [0.717, 1.165) is 19.0 Å². The third kappa shape index (κ3) is 2.08. The first-order chi connectivity index (χ1) is 6.67. The van der Waals surface area contributed by atoms with Crippen LogP contribution >= 0.6 is 0 Å². The van der Waals surface area contributed by atoms with Crippen molar-refractivity contribution in [2.75, 3.05) is 18.0 Å². The Balaban J connectivity index is 2.03. The average Bonchev–Trinajstić information content (AvgIpc) is 2.58. The Labute approximate surface area is 85.5 Å². The Hall–Kier alpha value is -0.990. The van der Waals surface area contributed by atoms with E-state index in [1.54, 1.807) is 0 Å². The largest absolute Gasteiger partial charge is 0.342 e. The zero-order chi connectivity index (χ0) is 10.0. The molecule has 0 unspecified atom stereocenters. The van der Waals surface area contributed by atoms with Crippen molar-refractivity contribution in [1.82, 2.24) is 9.97 Å². The van der Waals surface area contributed by atoms with Crippen molar-refractivity contribution >= 4 is 5.95 Å². The topological polar surface area (TPSA) is 31.9 Å². The van der Waals surface area contributed by atoms with E-state index in [1.807, 2.05) is 12.4 Å².